The van der Waals surface area contributed by atoms with E-state index in [0.29, 0.717) is 17.1 Å². The van der Waals surface area contributed by atoms with Crippen LogP contribution in [0.2, 0.25) is 5.02 Å². The molecule has 1 aromatic heterocycles. The lowest BCUT2D eigenvalue weighted by atomic mass is 10.2. The van der Waals surface area contributed by atoms with Crippen molar-refractivity contribution in [2.75, 3.05) is 5.75 Å². The van der Waals surface area contributed by atoms with Gasteiger partial charge in [-0.25, -0.2) is 13.1 Å². The number of aromatic nitrogens is 2. The Hall–Kier alpha value is -1.11. The van der Waals surface area contributed by atoms with Crippen molar-refractivity contribution in [2.45, 2.75) is 19.9 Å². The molecule has 0 unspecified atom stereocenters. The highest BCUT2D eigenvalue weighted by Crippen LogP contribution is 2.26. The molecule has 1 aromatic carbocycles. The van der Waals surface area contributed by atoms with Crippen LogP contribution < -0.4 is 4.72 Å². The minimum Gasteiger partial charge on any atom is -0.268 e. The highest BCUT2D eigenvalue weighted by Gasteiger charge is 2.14. The van der Waals surface area contributed by atoms with Crippen LogP contribution in [0, 0.1) is 0 Å². The predicted octanol–water partition coefficient (Wildman–Crippen LogP) is 2.06. The Morgan fingerprint density at radius 2 is 2.16 bits per heavy atom. The van der Waals surface area contributed by atoms with Crippen molar-refractivity contribution in [3.05, 3.63) is 28.9 Å². The summed E-state index contributed by atoms with van der Waals surface area (Å²) >= 11 is 6.16. The van der Waals surface area contributed by atoms with Gasteiger partial charge in [-0.1, -0.05) is 24.6 Å². The fourth-order valence-corrected chi connectivity index (χ4v) is 3.31. The van der Waals surface area contributed by atoms with Gasteiger partial charge in [0.1, 0.15) is 0 Å². The molecule has 1 N–H and O–H groups in total. The lowest BCUT2D eigenvalue weighted by molar-refractivity contribution is 0.578. The first kappa shape index (κ1) is 14.3. The molecule has 2 rings (SSSR count). The maximum atomic E-state index is 11.7. The molecule has 0 spiro atoms. The van der Waals surface area contributed by atoms with Gasteiger partial charge in [-0.15, -0.1) is 0 Å². The van der Waals surface area contributed by atoms with Gasteiger partial charge in [-0.2, -0.15) is 5.10 Å². The molecule has 0 bridgehead atoms. The molecule has 0 saturated heterocycles. The topological polar surface area (TPSA) is 64.0 Å². The summed E-state index contributed by atoms with van der Waals surface area (Å²) in [6.45, 7) is 1.98. The van der Waals surface area contributed by atoms with E-state index in [1.54, 1.807) is 10.7 Å². The van der Waals surface area contributed by atoms with Gasteiger partial charge in [-0.05, 0) is 18.6 Å². The van der Waals surface area contributed by atoms with E-state index in [4.69, 9.17) is 11.6 Å². The van der Waals surface area contributed by atoms with E-state index in [0.717, 1.165) is 10.9 Å². The Morgan fingerprint density at radius 1 is 1.42 bits per heavy atom. The second-order valence-corrected chi connectivity index (χ2v) is 6.68. The van der Waals surface area contributed by atoms with Crippen molar-refractivity contribution in [3.8, 4) is 0 Å². The molecule has 0 saturated carbocycles. The zero-order chi connectivity index (χ0) is 14.0. The maximum absolute atomic E-state index is 11.7. The molecule has 19 heavy (non-hydrogen) atoms. The summed E-state index contributed by atoms with van der Waals surface area (Å²) in [7, 11) is -1.44. The van der Waals surface area contributed by atoms with Gasteiger partial charge in [0.25, 0.3) is 0 Å². The Bertz CT molecular complexity index is 694. The first-order valence-corrected chi connectivity index (χ1v) is 8.05. The van der Waals surface area contributed by atoms with Gasteiger partial charge in [0.2, 0.25) is 10.0 Å². The van der Waals surface area contributed by atoms with Crippen LogP contribution in [0.15, 0.2) is 18.2 Å². The Morgan fingerprint density at radius 3 is 2.84 bits per heavy atom. The van der Waals surface area contributed by atoms with Crippen LogP contribution in [0.4, 0.5) is 0 Å². The van der Waals surface area contributed by atoms with Gasteiger partial charge in [0.05, 0.1) is 28.5 Å². The van der Waals surface area contributed by atoms with Crippen molar-refractivity contribution >= 4 is 32.5 Å². The Labute approximate surface area is 117 Å². The quantitative estimate of drug-likeness (QED) is 0.919. The molecule has 1 heterocycles. The Balaban J connectivity index is 2.32. The fourth-order valence-electron chi connectivity index (χ4n) is 2.00. The predicted molar refractivity (Wildman–Crippen MR) is 76.6 cm³/mol. The third-order valence-corrected chi connectivity index (χ3v) is 4.68. The highest BCUT2D eigenvalue weighted by molar-refractivity contribution is 7.89. The van der Waals surface area contributed by atoms with Crippen molar-refractivity contribution in [1.29, 1.82) is 0 Å². The molecule has 5 nitrogen and oxygen atoms in total. The molecule has 7 heteroatoms. The van der Waals surface area contributed by atoms with Crippen LogP contribution in [0.25, 0.3) is 10.9 Å². The van der Waals surface area contributed by atoms with E-state index >= 15 is 0 Å². The van der Waals surface area contributed by atoms with Crippen LogP contribution >= 0.6 is 11.6 Å². The number of benzene rings is 1. The molecule has 2 aromatic rings. The lowest BCUT2D eigenvalue weighted by Gasteiger charge is -2.04. The second-order valence-electron chi connectivity index (χ2n) is 4.34. The van der Waals surface area contributed by atoms with E-state index < -0.39 is 10.0 Å². The molecule has 0 amide bonds. The van der Waals surface area contributed by atoms with E-state index in [2.05, 4.69) is 9.82 Å². The number of sulfonamides is 1. The average molecular weight is 302 g/mol. The van der Waals surface area contributed by atoms with Gasteiger partial charge in [0, 0.05) is 12.4 Å². The number of hydrogen-bond donors (Lipinski definition) is 1. The summed E-state index contributed by atoms with van der Waals surface area (Å²) in [6, 6.07) is 5.52. The van der Waals surface area contributed by atoms with Crippen LogP contribution in [-0.4, -0.2) is 24.0 Å². The van der Waals surface area contributed by atoms with Gasteiger partial charge in [-0.3, -0.25) is 4.68 Å². The minimum absolute atomic E-state index is 0.117. The number of halogens is 1. The number of rotatable bonds is 5. The van der Waals surface area contributed by atoms with Crippen molar-refractivity contribution in [2.24, 2.45) is 7.05 Å². The van der Waals surface area contributed by atoms with Gasteiger partial charge >= 0.3 is 0 Å². The third kappa shape index (κ3) is 3.08. The number of nitrogens with zero attached hydrogens (tertiary/aromatic N) is 2. The summed E-state index contributed by atoms with van der Waals surface area (Å²) in [5.41, 5.74) is 1.53. The molecule has 0 fully saturated rings. The summed E-state index contributed by atoms with van der Waals surface area (Å²) < 4.78 is 27.6. The van der Waals surface area contributed by atoms with Crippen molar-refractivity contribution < 1.29 is 8.42 Å². The van der Waals surface area contributed by atoms with Crippen LogP contribution in [0.5, 0.6) is 0 Å². The maximum Gasteiger partial charge on any atom is 0.211 e. The largest absolute Gasteiger partial charge is 0.268 e. The number of nitrogens with one attached hydrogen (secondary N) is 1. The van der Waals surface area contributed by atoms with Crippen molar-refractivity contribution in [3.63, 3.8) is 0 Å². The van der Waals surface area contributed by atoms with Crippen LogP contribution in [0.1, 0.15) is 19.0 Å². The molecular weight excluding hydrogens is 286 g/mol. The second kappa shape index (κ2) is 5.48. The van der Waals surface area contributed by atoms with E-state index in [-0.39, 0.29) is 12.3 Å². The number of aryl methyl sites for hydroxylation is 1. The summed E-state index contributed by atoms with van der Waals surface area (Å²) in [5.74, 6) is 0.117. The minimum atomic E-state index is -3.24. The number of hydrogen-bond acceptors (Lipinski definition) is 3. The molecular formula is C12H16ClN3O2S. The molecule has 0 aliphatic rings. The standard InChI is InChI=1S/C12H16ClN3O2S/c1-3-7-19(17,18)14-8-10-12-9(13)5-4-6-11(12)16(2)15-10/h4-6,14H,3,7-8H2,1-2H3. The van der Waals surface area contributed by atoms with Crippen molar-refractivity contribution in [1.82, 2.24) is 14.5 Å². The molecule has 0 atom stereocenters. The first-order valence-electron chi connectivity index (χ1n) is 6.02. The third-order valence-electron chi connectivity index (χ3n) is 2.83. The van der Waals surface area contributed by atoms with E-state index in [1.165, 1.54) is 0 Å². The van der Waals surface area contributed by atoms with E-state index in [1.807, 2.05) is 26.1 Å². The summed E-state index contributed by atoms with van der Waals surface area (Å²) in [4.78, 5) is 0. The molecule has 0 aliphatic carbocycles. The summed E-state index contributed by atoms with van der Waals surface area (Å²) in [6.07, 6.45) is 0.582. The fraction of sp³-hybridized carbons (Fsp3) is 0.417. The van der Waals surface area contributed by atoms with Gasteiger partial charge < -0.3 is 0 Å². The molecule has 0 radical (unpaired) electrons. The summed E-state index contributed by atoms with van der Waals surface area (Å²) in [5, 5.41) is 5.70. The normalized spacial score (nSPS) is 12.2. The average Bonchev–Trinajstić information content (AvgIpc) is 2.66. The van der Waals surface area contributed by atoms with E-state index in [9.17, 15) is 8.42 Å². The zero-order valence-corrected chi connectivity index (χ0v) is 12.4. The van der Waals surface area contributed by atoms with Crippen LogP contribution in [0.3, 0.4) is 0 Å². The Kier molecular flexibility index (Phi) is 4.13. The first-order chi connectivity index (χ1) is 8.94. The van der Waals surface area contributed by atoms with Crippen LogP contribution in [-0.2, 0) is 23.6 Å². The lowest BCUT2D eigenvalue weighted by Crippen LogP contribution is -2.26. The number of fused-ring (bicyclic) bond motifs is 1. The van der Waals surface area contributed by atoms with Gasteiger partial charge in [0.15, 0.2) is 0 Å². The monoisotopic (exact) mass is 301 g/mol. The molecule has 104 valence electrons. The zero-order valence-electron chi connectivity index (χ0n) is 10.9. The SMILES string of the molecule is CCCS(=O)(=O)NCc1nn(C)c2cccc(Cl)c12. The highest BCUT2D eigenvalue weighted by atomic mass is 35.5. The smallest absolute Gasteiger partial charge is 0.211 e. The molecule has 0 aliphatic heterocycles.